The normalized spacial score (nSPS) is 26.1. The number of likely N-dealkylation sites (tertiary alicyclic amines) is 1. The summed E-state index contributed by atoms with van der Waals surface area (Å²) in [4.78, 5) is 26.5. The van der Waals surface area contributed by atoms with Crippen molar-refractivity contribution < 1.29 is 14.3 Å². The van der Waals surface area contributed by atoms with Crippen LogP contribution in [0.3, 0.4) is 0 Å². The standard InChI is InChI=1S/C16H20FN5O2/c1-21(16-12-4-13(17)20-15(12)18-8-19-16)11-2-9-5-22(14(24)7-23)6-10(9)3-11/h4,8-11,23H,2-3,5-7H2,1H3,(H,18,19,20)/t9-,10?,11+/m1/s1. The minimum absolute atomic E-state index is 0.186. The Labute approximate surface area is 138 Å². The van der Waals surface area contributed by atoms with Crippen LogP contribution in [-0.4, -0.2) is 63.7 Å². The molecular formula is C16H20FN5O2. The summed E-state index contributed by atoms with van der Waals surface area (Å²) in [6.45, 7) is 1.01. The molecule has 1 aliphatic heterocycles. The molecule has 1 aliphatic carbocycles. The summed E-state index contributed by atoms with van der Waals surface area (Å²) >= 11 is 0. The van der Waals surface area contributed by atoms with Gasteiger partial charge >= 0.3 is 0 Å². The van der Waals surface area contributed by atoms with Crippen LogP contribution in [0.1, 0.15) is 12.8 Å². The summed E-state index contributed by atoms with van der Waals surface area (Å²) < 4.78 is 13.5. The van der Waals surface area contributed by atoms with Gasteiger partial charge < -0.3 is 19.9 Å². The lowest BCUT2D eigenvalue weighted by atomic mass is 10.0. The first-order chi connectivity index (χ1) is 11.6. The number of fused-ring (bicyclic) bond motifs is 2. The van der Waals surface area contributed by atoms with Gasteiger partial charge in [0.1, 0.15) is 24.4 Å². The van der Waals surface area contributed by atoms with Gasteiger partial charge in [-0.05, 0) is 24.7 Å². The molecule has 3 heterocycles. The van der Waals surface area contributed by atoms with Crippen LogP contribution in [0.25, 0.3) is 11.0 Å². The highest BCUT2D eigenvalue weighted by molar-refractivity contribution is 5.87. The van der Waals surface area contributed by atoms with Crippen LogP contribution in [0, 0.1) is 17.8 Å². The molecule has 0 aromatic carbocycles. The molecule has 2 aliphatic rings. The zero-order valence-electron chi connectivity index (χ0n) is 13.4. The summed E-state index contributed by atoms with van der Waals surface area (Å²) in [5.74, 6) is 1.03. The number of rotatable bonds is 3. The largest absolute Gasteiger partial charge is 0.387 e. The van der Waals surface area contributed by atoms with Crippen LogP contribution in [0.5, 0.6) is 0 Å². The smallest absolute Gasteiger partial charge is 0.248 e. The summed E-state index contributed by atoms with van der Waals surface area (Å²) in [7, 11) is 1.98. The highest BCUT2D eigenvalue weighted by atomic mass is 19.1. The summed E-state index contributed by atoms with van der Waals surface area (Å²) in [6.07, 6.45) is 3.38. The van der Waals surface area contributed by atoms with E-state index in [1.54, 1.807) is 4.90 Å². The SMILES string of the molecule is CN(c1ncnc2[nH]c(F)cc12)[C@@H]1CC2CN(C(=O)CO)C[C@H]2C1. The maximum atomic E-state index is 13.5. The van der Waals surface area contributed by atoms with E-state index < -0.39 is 12.6 Å². The minimum atomic E-state index is -0.416. The molecule has 7 nitrogen and oxygen atoms in total. The number of aromatic amines is 1. The Morgan fingerprint density at radius 2 is 2.12 bits per heavy atom. The summed E-state index contributed by atoms with van der Waals surface area (Å²) in [6, 6.07) is 1.74. The number of halogens is 1. The molecule has 2 aromatic rings. The maximum absolute atomic E-state index is 13.5. The van der Waals surface area contributed by atoms with Crippen molar-refractivity contribution in [1.29, 1.82) is 0 Å². The highest BCUT2D eigenvalue weighted by Gasteiger charge is 2.43. The fourth-order valence-electron chi connectivity index (χ4n) is 4.24. The third kappa shape index (κ3) is 2.41. The van der Waals surface area contributed by atoms with E-state index in [1.807, 2.05) is 7.05 Å². The second-order valence-corrected chi connectivity index (χ2v) is 6.79. The number of anilines is 1. The van der Waals surface area contributed by atoms with Gasteiger partial charge in [0.15, 0.2) is 5.95 Å². The molecule has 1 amide bonds. The third-order valence-corrected chi connectivity index (χ3v) is 5.47. The lowest BCUT2D eigenvalue weighted by Crippen LogP contribution is -2.35. The number of hydrogen-bond donors (Lipinski definition) is 2. The van der Waals surface area contributed by atoms with Crippen LogP contribution in [-0.2, 0) is 4.79 Å². The molecule has 2 aromatic heterocycles. The van der Waals surface area contributed by atoms with Gasteiger partial charge in [0.25, 0.3) is 0 Å². The third-order valence-electron chi connectivity index (χ3n) is 5.47. The van der Waals surface area contributed by atoms with Gasteiger partial charge in [-0.15, -0.1) is 0 Å². The van der Waals surface area contributed by atoms with Crippen LogP contribution in [0.2, 0.25) is 0 Å². The molecule has 0 radical (unpaired) electrons. The van der Waals surface area contributed by atoms with Crippen molar-refractivity contribution in [2.24, 2.45) is 11.8 Å². The summed E-state index contributed by atoms with van der Waals surface area (Å²) in [5, 5.41) is 9.69. The first-order valence-corrected chi connectivity index (χ1v) is 8.17. The minimum Gasteiger partial charge on any atom is -0.387 e. The van der Waals surface area contributed by atoms with E-state index in [1.165, 1.54) is 12.4 Å². The van der Waals surface area contributed by atoms with E-state index in [4.69, 9.17) is 5.11 Å². The second kappa shape index (κ2) is 5.70. The molecular weight excluding hydrogens is 313 g/mol. The molecule has 1 saturated carbocycles. The number of nitrogens with zero attached hydrogens (tertiary/aromatic N) is 4. The number of carbonyl (C=O) groups excluding carboxylic acids is 1. The lowest BCUT2D eigenvalue weighted by Gasteiger charge is -2.27. The Morgan fingerprint density at radius 3 is 2.79 bits per heavy atom. The topological polar surface area (TPSA) is 85.4 Å². The molecule has 24 heavy (non-hydrogen) atoms. The fraction of sp³-hybridized carbons (Fsp3) is 0.562. The van der Waals surface area contributed by atoms with Gasteiger partial charge in [-0.3, -0.25) is 4.79 Å². The Kier molecular flexibility index (Phi) is 3.64. The molecule has 1 saturated heterocycles. The van der Waals surface area contributed by atoms with Gasteiger partial charge in [-0.1, -0.05) is 0 Å². The number of carbonyl (C=O) groups is 1. The number of aromatic nitrogens is 3. The monoisotopic (exact) mass is 333 g/mol. The van der Waals surface area contributed by atoms with Crippen molar-refractivity contribution in [3.8, 4) is 0 Å². The Morgan fingerprint density at radius 1 is 1.42 bits per heavy atom. The zero-order valence-corrected chi connectivity index (χ0v) is 13.4. The van der Waals surface area contributed by atoms with E-state index in [-0.39, 0.29) is 5.91 Å². The average molecular weight is 333 g/mol. The van der Waals surface area contributed by atoms with Crippen molar-refractivity contribution in [2.75, 3.05) is 31.6 Å². The van der Waals surface area contributed by atoms with Crippen molar-refractivity contribution in [2.45, 2.75) is 18.9 Å². The van der Waals surface area contributed by atoms with Crippen molar-refractivity contribution in [3.05, 3.63) is 18.3 Å². The van der Waals surface area contributed by atoms with Gasteiger partial charge in [0.2, 0.25) is 5.91 Å². The number of hydrogen-bond acceptors (Lipinski definition) is 5. The molecule has 1 unspecified atom stereocenters. The molecule has 4 rings (SSSR count). The number of H-pyrrole nitrogens is 1. The molecule has 8 heteroatoms. The van der Waals surface area contributed by atoms with Gasteiger partial charge in [0, 0.05) is 32.2 Å². The lowest BCUT2D eigenvalue weighted by molar-refractivity contribution is -0.133. The van der Waals surface area contributed by atoms with E-state index in [2.05, 4.69) is 19.9 Å². The van der Waals surface area contributed by atoms with Gasteiger partial charge in [-0.2, -0.15) is 4.39 Å². The highest BCUT2D eigenvalue weighted by Crippen LogP contribution is 2.41. The van der Waals surface area contributed by atoms with E-state index >= 15 is 0 Å². The molecule has 2 N–H and O–H groups in total. The predicted octanol–water partition coefficient (Wildman–Crippen LogP) is 0.762. The number of aliphatic hydroxyl groups is 1. The molecule has 2 fully saturated rings. The first-order valence-electron chi connectivity index (χ1n) is 8.17. The second-order valence-electron chi connectivity index (χ2n) is 6.79. The molecule has 3 atom stereocenters. The van der Waals surface area contributed by atoms with Gasteiger partial charge in [-0.25, -0.2) is 9.97 Å². The average Bonchev–Trinajstić information content (AvgIpc) is 3.23. The quantitative estimate of drug-likeness (QED) is 0.866. The Hall–Kier alpha value is -2.22. The fourth-order valence-corrected chi connectivity index (χ4v) is 4.24. The molecule has 0 spiro atoms. The van der Waals surface area contributed by atoms with Crippen LogP contribution < -0.4 is 4.90 Å². The first kappa shape index (κ1) is 15.3. The van der Waals surface area contributed by atoms with E-state index in [0.29, 0.717) is 42.0 Å². The predicted molar refractivity (Wildman–Crippen MR) is 85.9 cm³/mol. The zero-order chi connectivity index (χ0) is 16.8. The Bertz CT molecular complexity index is 765. The van der Waals surface area contributed by atoms with E-state index in [9.17, 15) is 9.18 Å². The van der Waals surface area contributed by atoms with Gasteiger partial charge in [0.05, 0.1) is 5.39 Å². The summed E-state index contributed by atoms with van der Waals surface area (Å²) in [5.41, 5.74) is 0.502. The van der Waals surface area contributed by atoms with Crippen LogP contribution >= 0.6 is 0 Å². The Balaban J connectivity index is 1.51. The number of amides is 1. The van der Waals surface area contributed by atoms with Crippen molar-refractivity contribution in [3.63, 3.8) is 0 Å². The van der Waals surface area contributed by atoms with Crippen LogP contribution in [0.15, 0.2) is 12.4 Å². The molecule has 128 valence electrons. The van der Waals surface area contributed by atoms with Crippen LogP contribution in [0.4, 0.5) is 10.2 Å². The maximum Gasteiger partial charge on any atom is 0.248 e. The van der Waals surface area contributed by atoms with Crippen molar-refractivity contribution >= 4 is 22.8 Å². The van der Waals surface area contributed by atoms with Crippen molar-refractivity contribution in [1.82, 2.24) is 19.9 Å². The van der Waals surface area contributed by atoms with E-state index in [0.717, 1.165) is 18.7 Å². The molecule has 0 bridgehead atoms. The number of nitrogens with one attached hydrogen (secondary N) is 1. The number of aliphatic hydroxyl groups excluding tert-OH is 1.